The summed E-state index contributed by atoms with van der Waals surface area (Å²) in [5.74, 6) is -0.368. The molecule has 1 heterocycles. The Morgan fingerprint density at radius 2 is 2.00 bits per heavy atom. The summed E-state index contributed by atoms with van der Waals surface area (Å²) in [6, 6.07) is 3.59. The van der Waals surface area contributed by atoms with Gasteiger partial charge in [0.25, 0.3) is 5.69 Å². The lowest BCUT2D eigenvalue weighted by atomic mass is 10.0. The predicted octanol–water partition coefficient (Wildman–Crippen LogP) is 0.759. The summed E-state index contributed by atoms with van der Waals surface area (Å²) in [5, 5.41) is 10.9. The molecule has 0 unspecified atom stereocenters. The normalized spacial score (nSPS) is 24.3. The van der Waals surface area contributed by atoms with Crippen molar-refractivity contribution < 1.29 is 21.8 Å². The van der Waals surface area contributed by atoms with Crippen molar-refractivity contribution in [2.45, 2.75) is 30.7 Å². The Bertz CT molecular complexity index is 831. The number of nitrogens with zero attached hydrogens (tertiary/aromatic N) is 1. The number of nitro benzene ring substituents is 1. The SMILES string of the molecule is Cc1ccc(S(=O)(=O)N[C@@]2(C)CCS(=O)(=O)C2)cc1[N+](=O)[O-]. The van der Waals surface area contributed by atoms with Crippen molar-refractivity contribution in [2.75, 3.05) is 11.5 Å². The molecule has 2 rings (SSSR count). The molecule has 1 aliphatic heterocycles. The number of hydrogen-bond donors (Lipinski definition) is 1. The van der Waals surface area contributed by atoms with E-state index in [2.05, 4.69) is 4.72 Å². The molecule has 1 aliphatic rings. The van der Waals surface area contributed by atoms with Crippen LogP contribution in [-0.2, 0) is 19.9 Å². The van der Waals surface area contributed by atoms with Gasteiger partial charge in [0.2, 0.25) is 10.0 Å². The third kappa shape index (κ3) is 3.45. The van der Waals surface area contributed by atoms with E-state index in [1.165, 1.54) is 26.0 Å². The smallest absolute Gasteiger partial charge is 0.258 e. The molecule has 0 spiro atoms. The number of hydrogen-bond acceptors (Lipinski definition) is 6. The van der Waals surface area contributed by atoms with E-state index in [0.717, 1.165) is 6.07 Å². The monoisotopic (exact) mass is 348 g/mol. The van der Waals surface area contributed by atoms with Crippen LogP contribution in [-0.4, -0.2) is 38.8 Å². The standard InChI is InChI=1S/C12H16N2O6S2/c1-9-3-4-10(7-11(9)14(15)16)22(19,20)13-12(2)5-6-21(17,18)8-12/h3-4,7,13H,5-6,8H2,1-2H3/t12-/m0/s1. The van der Waals surface area contributed by atoms with Gasteiger partial charge in [0.05, 0.1) is 21.3 Å². The minimum Gasteiger partial charge on any atom is -0.258 e. The summed E-state index contributed by atoms with van der Waals surface area (Å²) >= 11 is 0. The molecular formula is C12H16N2O6S2. The number of rotatable bonds is 4. The topological polar surface area (TPSA) is 123 Å². The van der Waals surface area contributed by atoms with E-state index >= 15 is 0 Å². The molecule has 0 saturated carbocycles. The average Bonchev–Trinajstić information content (AvgIpc) is 2.62. The van der Waals surface area contributed by atoms with Gasteiger partial charge in [-0.1, -0.05) is 6.07 Å². The summed E-state index contributed by atoms with van der Waals surface area (Å²) in [6.07, 6.45) is 0.169. The molecule has 0 aromatic heterocycles. The molecule has 1 aromatic carbocycles. The fraction of sp³-hybridized carbons (Fsp3) is 0.500. The van der Waals surface area contributed by atoms with Crippen LogP contribution in [0, 0.1) is 17.0 Å². The van der Waals surface area contributed by atoms with Crippen LogP contribution in [0.5, 0.6) is 0 Å². The van der Waals surface area contributed by atoms with Crippen LogP contribution in [0.2, 0.25) is 0 Å². The van der Waals surface area contributed by atoms with Crippen LogP contribution in [0.4, 0.5) is 5.69 Å². The molecule has 1 fully saturated rings. The Labute approximate surface area is 128 Å². The van der Waals surface area contributed by atoms with Gasteiger partial charge in [-0.25, -0.2) is 21.6 Å². The second-order valence-corrected chi connectivity index (χ2v) is 9.58. The van der Waals surface area contributed by atoms with Gasteiger partial charge in [-0.15, -0.1) is 0 Å². The first-order valence-electron chi connectivity index (χ1n) is 6.44. The van der Waals surface area contributed by atoms with Crippen molar-refractivity contribution in [2.24, 2.45) is 0 Å². The molecule has 10 heteroatoms. The first kappa shape index (κ1) is 16.8. The van der Waals surface area contributed by atoms with E-state index in [1.807, 2.05) is 0 Å². The highest BCUT2D eigenvalue weighted by atomic mass is 32.2. The number of nitro groups is 1. The van der Waals surface area contributed by atoms with Gasteiger partial charge in [0, 0.05) is 17.2 Å². The Kier molecular flexibility index (Phi) is 4.05. The largest absolute Gasteiger partial charge is 0.273 e. The lowest BCUT2D eigenvalue weighted by molar-refractivity contribution is -0.385. The quantitative estimate of drug-likeness (QED) is 0.633. The van der Waals surface area contributed by atoms with Crippen molar-refractivity contribution in [3.8, 4) is 0 Å². The zero-order valence-electron chi connectivity index (χ0n) is 12.1. The van der Waals surface area contributed by atoms with Gasteiger partial charge in [-0.2, -0.15) is 0 Å². The van der Waals surface area contributed by atoms with Crippen molar-refractivity contribution >= 4 is 25.5 Å². The molecule has 8 nitrogen and oxygen atoms in total. The van der Waals surface area contributed by atoms with Gasteiger partial charge in [-0.05, 0) is 26.3 Å². The van der Waals surface area contributed by atoms with Crippen LogP contribution >= 0.6 is 0 Å². The molecule has 0 amide bonds. The maximum atomic E-state index is 12.4. The lowest BCUT2D eigenvalue weighted by Gasteiger charge is -2.23. The average molecular weight is 348 g/mol. The number of benzene rings is 1. The van der Waals surface area contributed by atoms with E-state index in [0.29, 0.717) is 5.56 Å². The van der Waals surface area contributed by atoms with Gasteiger partial charge in [0.15, 0.2) is 9.84 Å². The highest BCUT2D eigenvalue weighted by Gasteiger charge is 2.41. The minimum atomic E-state index is -4.04. The second-order valence-electron chi connectivity index (χ2n) is 5.71. The van der Waals surface area contributed by atoms with Crippen LogP contribution in [0.25, 0.3) is 0 Å². The van der Waals surface area contributed by atoms with Gasteiger partial charge >= 0.3 is 0 Å². The zero-order chi connectivity index (χ0) is 16.8. The van der Waals surface area contributed by atoms with Gasteiger partial charge in [-0.3, -0.25) is 10.1 Å². The molecule has 122 valence electrons. The first-order chi connectivity index (χ1) is 9.94. The summed E-state index contributed by atoms with van der Waals surface area (Å²) in [6.45, 7) is 3.02. The molecule has 22 heavy (non-hydrogen) atoms. The number of sulfone groups is 1. The maximum absolute atomic E-state index is 12.4. The number of nitrogens with one attached hydrogen (secondary N) is 1. The van der Waals surface area contributed by atoms with Gasteiger partial charge < -0.3 is 0 Å². The van der Waals surface area contributed by atoms with Gasteiger partial charge in [0.1, 0.15) is 0 Å². The molecule has 1 aromatic rings. The third-order valence-corrected chi connectivity index (χ3v) is 7.11. The Balaban J connectivity index is 2.36. The van der Waals surface area contributed by atoms with E-state index in [1.54, 1.807) is 0 Å². The van der Waals surface area contributed by atoms with E-state index in [4.69, 9.17) is 0 Å². The first-order valence-corrected chi connectivity index (χ1v) is 9.74. The summed E-state index contributed by atoms with van der Waals surface area (Å²) < 4.78 is 50.1. The van der Waals surface area contributed by atoms with Crippen molar-refractivity contribution in [3.05, 3.63) is 33.9 Å². The molecule has 1 atom stereocenters. The maximum Gasteiger partial charge on any atom is 0.273 e. The van der Waals surface area contributed by atoms with Crippen molar-refractivity contribution in [1.82, 2.24) is 4.72 Å². The van der Waals surface area contributed by atoms with E-state index < -0.39 is 30.3 Å². The predicted molar refractivity (Wildman–Crippen MR) is 79.8 cm³/mol. The minimum absolute atomic E-state index is 0.0833. The summed E-state index contributed by atoms with van der Waals surface area (Å²) in [5.41, 5.74) is -1.05. The zero-order valence-corrected chi connectivity index (χ0v) is 13.7. The molecule has 0 aliphatic carbocycles. The molecule has 0 radical (unpaired) electrons. The number of sulfonamides is 1. The Morgan fingerprint density at radius 1 is 1.36 bits per heavy atom. The van der Waals surface area contributed by atoms with Crippen molar-refractivity contribution in [3.63, 3.8) is 0 Å². The lowest BCUT2D eigenvalue weighted by Crippen LogP contribution is -2.46. The fourth-order valence-corrected chi connectivity index (χ4v) is 6.07. The fourth-order valence-electron chi connectivity index (χ4n) is 2.43. The van der Waals surface area contributed by atoms with Crippen molar-refractivity contribution in [1.29, 1.82) is 0 Å². The summed E-state index contributed by atoms with van der Waals surface area (Å²) in [7, 11) is -7.32. The second kappa shape index (κ2) is 5.28. The summed E-state index contributed by atoms with van der Waals surface area (Å²) in [4.78, 5) is 9.99. The third-order valence-electron chi connectivity index (χ3n) is 3.57. The Morgan fingerprint density at radius 3 is 2.50 bits per heavy atom. The molecule has 1 saturated heterocycles. The van der Waals surface area contributed by atoms with E-state index in [9.17, 15) is 26.9 Å². The highest BCUT2D eigenvalue weighted by molar-refractivity contribution is 7.92. The van der Waals surface area contributed by atoms with Crippen LogP contribution in [0.1, 0.15) is 18.9 Å². The number of aryl methyl sites for hydroxylation is 1. The van der Waals surface area contributed by atoms with Crippen LogP contribution in [0.15, 0.2) is 23.1 Å². The van der Waals surface area contributed by atoms with Crippen LogP contribution in [0.3, 0.4) is 0 Å². The molecule has 1 N–H and O–H groups in total. The molecule has 0 bridgehead atoms. The van der Waals surface area contributed by atoms with Crippen LogP contribution < -0.4 is 4.72 Å². The Hall–Kier alpha value is -1.52. The van der Waals surface area contributed by atoms with E-state index in [-0.39, 0.29) is 28.5 Å². The molecular weight excluding hydrogens is 332 g/mol. The highest BCUT2D eigenvalue weighted by Crippen LogP contribution is 2.27.